The number of likely N-dealkylation sites (N-methyl/N-ethyl adjacent to an activating group) is 1. The van der Waals surface area contributed by atoms with E-state index in [1.165, 1.54) is 0 Å². The number of hydrogen-bond acceptors (Lipinski definition) is 2. The first-order valence-corrected chi connectivity index (χ1v) is 4.08. The molecule has 0 bridgehead atoms. The average Bonchev–Trinajstić information content (AvgIpc) is 2.04. The standard InChI is InChI=1S/C9H15FN2/c1-8(10)9(2)12-6-4-11(3)5-7-12/h1-2,4-7H2,3H3. The minimum Gasteiger partial charge on any atom is -0.367 e. The van der Waals surface area contributed by atoms with Crippen molar-refractivity contribution in [2.75, 3.05) is 33.2 Å². The first-order chi connectivity index (χ1) is 5.61. The third-order valence-corrected chi connectivity index (χ3v) is 2.20. The van der Waals surface area contributed by atoms with Crippen molar-refractivity contribution < 1.29 is 4.39 Å². The van der Waals surface area contributed by atoms with Crippen LogP contribution in [0.4, 0.5) is 4.39 Å². The molecule has 0 N–H and O–H groups in total. The van der Waals surface area contributed by atoms with Crippen LogP contribution in [-0.2, 0) is 0 Å². The van der Waals surface area contributed by atoms with Crippen LogP contribution in [-0.4, -0.2) is 43.0 Å². The number of halogens is 1. The van der Waals surface area contributed by atoms with Gasteiger partial charge in [-0.1, -0.05) is 13.2 Å². The fourth-order valence-corrected chi connectivity index (χ4v) is 1.25. The minimum absolute atomic E-state index is 0.417. The average molecular weight is 170 g/mol. The molecular formula is C9H15FN2. The predicted molar refractivity (Wildman–Crippen MR) is 48.5 cm³/mol. The fraction of sp³-hybridized carbons (Fsp3) is 0.556. The summed E-state index contributed by atoms with van der Waals surface area (Å²) in [5, 5.41) is 0. The van der Waals surface area contributed by atoms with Crippen LogP contribution in [0.2, 0.25) is 0 Å². The van der Waals surface area contributed by atoms with Crippen LogP contribution in [0.5, 0.6) is 0 Å². The predicted octanol–water partition coefficient (Wildman–Crippen LogP) is 1.23. The Morgan fingerprint density at radius 2 is 1.67 bits per heavy atom. The summed E-state index contributed by atoms with van der Waals surface area (Å²) in [5.41, 5.74) is 0.433. The Bertz CT molecular complexity index is 193. The lowest BCUT2D eigenvalue weighted by Crippen LogP contribution is -2.43. The highest BCUT2D eigenvalue weighted by atomic mass is 19.1. The van der Waals surface area contributed by atoms with Crippen LogP contribution in [0.1, 0.15) is 0 Å². The molecule has 1 heterocycles. The summed E-state index contributed by atoms with van der Waals surface area (Å²) in [4.78, 5) is 4.15. The molecule has 0 radical (unpaired) electrons. The van der Waals surface area contributed by atoms with Crippen LogP contribution in [0.15, 0.2) is 24.7 Å². The van der Waals surface area contributed by atoms with E-state index in [0.717, 1.165) is 26.2 Å². The van der Waals surface area contributed by atoms with E-state index in [4.69, 9.17) is 0 Å². The van der Waals surface area contributed by atoms with Gasteiger partial charge in [-0.15, -0.1) is 0 Å². The van der Waals surface area contributed by atoms with Gasteiger partial charge in [-0.3, -0.25) is 0 Å². The Balaban J connectivity index is 2.44. The Kier molecular flexibility index (Phi) is 2.87. The van der Waals surface area contributed by atoms with Crippen LogP contribution in [0.25, 0.3) is 0 Å². The molecule has 1 fully saturated rings. The maximum Gasteiger partial charge on any atom is 0.138 e. The molecule has 0 aliphatic carbocycles. The van der Waals surface area contributed by atoms with Crippen LogP contribution < -0.4 is 0 Å². The second-order valence-corrected chi connectivity index (χ2v) is 3.14. The van der Waals surface area contributed by atoms with Crippen molar-refractivity contribution in [2.45, 2.75) is 0 Å². The fourth-order valence-electron chi connectivity index (χ4n) is 1.25. The summed E-state index contributed by atoms with van der Waals surface area (Å²) in [6.07, 6.45) is 0. The molecule has 0 atom stereocenters. The molecule has 3 heteroatoms. The van der Waals surface area contributed by atoms with Gasteiger partial charge in [0.2, 0.25) is 0 Å². The molecule has 0 aromatic carbocycles. The third-order valence-electron chi connectivity index (χ3n) is 2.20. The zero-order chi connectivity index (χ0) is 9.14. The van der Waals surface area contributed by atoms with E-state index in [1.807, 2.05) is 4.90 Å². The van der Waals surface area contributed by atoms with E-state index >= 15 is 0 Å². The topological polar surface area (TPSA) is 6.48 Å². The zero-order valence-corrected chi connectivity index (χ0v) is 7.52. The maximum absolute atomic E-state index is 12.6. The molecule has 0 spiro atoms. The molecule has 2 nitrogen and oxygen atoms in total. The van der Waals surface area contributed by atoms with E-state index in [-0.39, 0.29) is 0 Å². The van der Waals surface area contributed by atoms with Crippen LogP contribution >= 0.6 is 0 Å². The summed E-state index contributed by atoms with van der Waals surface area (Å²) in [5.74, 6) is -0.417. The molecule has 1 aliphatic heterocycles. The molecule has 0 aromatic heterocycles. The molecule has 1 rings (SSSR count). The van der Waals surface area contributed by atoms with Crippen molar-refractivity contribution in [1.82, 2.24) is 9.80 Å². The SMILES string of the molecule is C=C(F)C(=C)N1CCN(C)CC1. The van der Waals surface area contributed by atoms with Crippen molar-refractivity contribution in [3.05, 3.63) is 24.7 Å². The molecular weight excluding hydrogens is 155 g/mol. The van der Waals surface area contributed by atoms with Gasteiger partial charge in [0.15, 0.2) is 0 Å². The van der Waals surface area contributed by atoms with Gasteiger partial charge in [0, 0.05) is 26.2 Å². The largest absolute Gasteiger partial charge is 0.367 e. The van der Waals surface area contributed by atoms with Crippen molar-refractivity contribution in [1.29, 1.82) is 0 Å². The first kappa shape index (κ1) is 9.26. The zero-order valence-electron chi connectivity index (χ0n) is 7.52. The van der Waals surface area contributed by atoms with E-state index in [1.54, 1.807) is 0 Å². The second-order valence-electron chi connectivity index (χ2n) is 3.14. The molecule has 0 saturated carbocycles. The summed E-state index contributed by atoms with van der Waals surface area (Å²) in [6.45, 7) is 10.5. The summed E-state index contributed by atoms with van der Waals surface area (Å²) >= 11 is 0. The van der Waals surface area contributed by atoms with Crippen LogP contribution in [0.3, 0.4) is 0 Å². The van der Waals surface area contributed by atoms with Crippen molar-refractivity contribution in [3.8, 4) is 0 Å². The first-order valence-electron chi connectivity index (χ1n) is 4.08. The van der Waals surface area contributed by atoms with E-state index in [9.17, 15) is 4.39 Å². The van der Waals surface area contributed by atoms with Gasteiger partial charge >= 0.3 is 0 Å². The van der Waals surface area contributed by atoms with Crippen molar-refractivity contribution in [3.63, 3.8) is 0 Å². The van der Waals surface area contributed by atoms with Gasteiger partial charge in [0.1, 0.15) is 5.83 Å². The third kappa shape index (κ3) is 2.08. The lowest BCUT2D eigenvalue weighted by Gasteiger charge is -2.34. The highest BCUT2D eigenvalue weighted by molar-refractivity contribution is 5.17. The monoisotopic (exact) mass is 170 g/mol. The van der Waals surface area contributed by atoms with Gasteiger partial charge in [-0.05, 0) is 7.05 Å². The van der Waals surface area contributed by atoms with Crippen molar-refractivity contribution >= 4 is 0 Å². The van der Waals surface area contributed by atoms with Crippen molar-refractivity contribution in [2.24, 2.45) is 0 Å². The molecule has 1 saturated heterocycles. The highest BCUT2D eigenvalue weighted by Crippen LogP contribution is 2.14. The van der Waals surface area contributed by atoms with Gasteiger partial charge in [0.25, 0.3) is 0 Å². The Morgan fingerprint density at radius 3 is 2.08 bits per heavy atom. The summed E-state index contributed by atoms with van der Waals surface area (Å²) in [6, 6.07) is 0. The Hall–Kier alpha value is -0.830. The smallest absolute Gasteiger partial charge is 0.138 e. The van der Waals surface area contributed by atoms with E-state index in [2.05, 4.69) is 25.1 Å². The maximum atomic E-state index is 12.6. The summed E-state index contributed by atoms with van der Waals surface area (Å²) in [7, 11) is 2.06. The van der Waals surface area contributed by atoms with Gasteiger partial charge in [-0.2, -0.15) is 0 Å². The molecule has 1 aliphatic rings. The highest BCUT2D eigenvalue weighted by Gasteiger charge is 2.16. The molecule has 0 amide bonds. The molecule has 0 unspecified atom stereocenters. The number of nitrogens with zero attached hydrogens (tertiary/aromatic N) is 2. The van der Waals surface area contributed by atoms with Gasteiger partial charge in [0.05, 0.1) is 5.70 Å². The number of rotatable bonds is 2. The Morgan fingerprint density at radius 1 is 1.17 bits per heavy atom. The van der Waals surface area contributed by atoms with Crippen LogP contribution in [0, 0.1) is 0 Å². The number of piperazine rings is 1. The lowest BCUT2D eigenvalue weighted by molar-refractivity contribution is 0.185. The molecule has 0 aromatic rings. The number of allylic oxidation sites excluding steroid dienone is 1. The lowest BCUT2D eigenvalue weighted by atomic mass is 10.3. The van der Waals surface area contributed by atoms with E-state index in [0.29, 0.717) is 5.70 Å². The summed E-state index contributed by atoms with van der Waals surface area (Å²) < 4.78 is 12.6. The molecule has 68 valence electrons. The van der Waals surface area contributed by atoms with Gasteiger partial charge < -0.3 is 9.80 Å². The van der Waals surface area contributed by atoms with E-state index < -0.39 is 5.83 Å². The quantitative estimate of drug-likeness (QED) is 0.575. The van der Waals surface area contributed by atoms with Gasteiger partial charge in [-0.25, -0.2) is 4.39 Å². The normalized spacial score (nSPS) is 19.3. The minimum atomic E-state index is -0.417. The molecule has 12 heavy (non-hydrogen) atoms. The Labute approximate surface area is 73.0 Å². The number of hydrogen-bond donors (Lipinski definition) is 0. The second kappa shape index (κ2) is 3.72.